The third-order valence-electron chi connectivity index (χ3n) is 9.53. The highest BCUT2D eigenvalue weighted by Crippen LogP contribution is 2.15. The molecule has 0 heterocycles. The van der Waals surface area contributed by atoms with E-state index in [0.717, 1.165) is 116 Å². The van der Waals surface area contributed by atoms with Crippen LogP contribution in [0.25, 0.3) is 0 Å². The highest BCUT2D eigenvalue weighted by atomic mass is 16.5. The van der Waals surface area contributed by atoms with E-state index in [1.807, 2.05) is 0 Å². The van der Waals surface area contributed by atoms with E-state index in [0.29, 0.717) is 26.0 Å². The highest BCUT2D eigenvalue weighted by molar-refractivity contribution is 5.69. The number of unbranched alkanes of at least 4 members (excludes halogenated alkanes) is 18. The molecule has 0 aliphatic rings. The zero-order valence-corrected chi connectivity index (χ0v) is 33.5. The van der Waals surface area contributed by atoms with Gasteiger partial charge in [0.15, 0.2) is 0 Å². The fourth-order valence-electron chi connectivity index (χ4n) is 6.25. The van der Waals surface area contributed by atoms with E-state index >= 15 is 0 Å². The van der Waals surface area contributed by atoms with Crippen molar-refractivity contribution < 1.29 is 24.2 Å². The van der Waals surface area contributed by atoms with Gasteiger partial charge in [-0.15, -0.1) is 0 Å². The monoisotopic (exact) mass is 706 g/mol. The number of ether oxygens (including phenoxy) is 2. The van der Waals surface area contributed by atoms with Gasteiger partial charge in [0, 0.05) is 19.4 Å². The average molecular weight is 706 g/mol. The Morgan fingerprint density at radius 2 is 0.960 bits per heavy atom. The minimum absolute atomic E-state index is 0.00912. The van der Waals surface area contributed by atoms with Gasteiger partial charge in [-0.3, -0.25) is 9.59 Å². The zero-order chi connectivity index (χ0) is 36.6. The predicted molar refractivity (Wildman–Crippen MR) is 214 cm³/mol. The van der Waals surface area contributed by atoms with Gasteiger partial charge in [0.05, 0.1) is 13.2 Å². The Morgan fingerprint density at radius 1 is 0.520 bits per heavy atom. The van der Waals surface area contributed by atoms with Crippen LogP contribution in [0.3, 0.4) is 0 Å². The van der Waals surface area contributed by atoms with Crippen molar-refractivity contribution in [2.75, 3.05) is 32.8 Å². The molecule has 6 nitrogen and oxygen atoms in total. The number of aliphatic hydroxyl groups is 1. The summed E-state index contributed by atoms with van der Waals surface area (Å²) in [7, 11) is 0. The summed E-state index contributed by atoms with van der Waals surface area (Å²) in [6.07, 6.45) is 40.7. The second-order valence-electron chi connectivity index (χ2n) is 14.4. The summed E-state index contributed by atoms with van der Waals surface area (Å²) in [6, 6.07) is 0. The molecule has 0 saturated carbocycles. The molecule has 0 aromatic carbocycles. The molecule has 6 heteroatoms. The van der Waals surface area contributed by atoms with Crippen molar-refractivity contribution in [1.29, 1.82) is 0 Å². The Labute approximate surface area is 310 Å². The van der Waals surface area contributed by atoms with Crippen LogP contribution < -0.4 is 0 Å². The topological polar surface area (TPSA) is 76.1 Å². The second-order valence-corrected chi connectivity index (χ2v) is 14.4. The summed E-state index contributed by atoms with van der Waals surface area (Å²) in [6.45, 7) is 10.1. The van der Waals surface area contributed by atoms with Crippen molar-refractivity contribution in [2.45, 2.75) is 213 Å². The molecular weight excluding hydrogens is 622 g/mol. The molecule has 0 saturated heterocycles. The van der Waals surface area contributed by atoms with E-state index in [1.54, 1.807) is 0 Å². The molecule has 0 fully saturated rings. The van der Waals surface area contributed by atoms with Crippen LogP contribution in [-0.2, 0) is 19.1 Å². The van der Waals surface area contributed by atoms with Crippen LogP contribution in [0.1, 0.15) is 207 Å². The number of carbonyl (C=O) groups excluding carboxylic acids is 2. The number of aliphatic hydroxyl groups excluding tert-OH is 1. The quantitative estimate of drug-likeness (QED) is 0.0390. The normalized spacial score (nSPS) is 11.9. The number of carbonyl (C=O) groups is 2. The lowest BCUT2D eigenvalue weighted by Gasteiger charge is -2.21. The first kappa shape index (κ1) is 48.3. The number of nitrogens with zero attached hydrogens (tertiary/aromatic N) is 1. The molecule has 0 spiro atoms. The molecule has 0 atom stereocenters. The number of esters is 2. The summed E-state index contributed by atoms with van der Waals surface area (Å²) >= 11 is 0. The van der Waals surface area contributed by atoms with Gasteiger partial charge in [0.2, 0.25) is 0 Å². The summed E-state index contributed by atoms with van der Waals surface area (Å²) in [5.41, 5.74) is 0. The lowest BCUT2D eigenvalue weighted by molar-refractivity contribution is -0.150. The van der Waals surface area contributed by atoms with E-state index < -0.39 is 0 Å². The summed E-state index contributed by atoms with van der Waals surface area (Å²) in [5.74, 6) is -0.0952. The fourth-order valence-corrected chi connectivity index (χ4v) is 6.25. The van der Waals surface area contributed by atoms with Crippen LogP contribution in [-0.4, -0.2) is 60.9 Å². The minimum Gasteiger partial charge on any atom is -0.466 e. The van der Waals surface area contributed by atoms with Crippen molar-refractivity contribution in [1.82, 2.24) is 4.90 Å². The van der Waals surface area contributed by atoms with Crippen LogP contribution in [0.2, 0.25) is 0 Å². The van der Waals surface area contributed by atoms with Gasteiger partial charge >= 0.3 is 11.9 Å². The summed E-state index contributed by atoms with van der Waals surface area (Å²) in [5, 5.41) is 9.52. The minimum atomic E-state index is -0.0546. The van der Waals surface area contributed by atoms with E-state index in [4.69, 9.17) is 9.47 Å². The fraction of sp³-hybridized carbons (Fsp3) is 0.864. The third kappa shape index (κ3) is 36.1. The van der Waals surface area contributed by atoms with Crippen molar-refractivity contribution in [3.63, 3.8) is 0 Å². The SMILES string of the molecule is CCCC/C=C/CCC(CC/C=C/CCCC)OC(=O)CCCCCCCN(CCO)CCCCCC(=O)OCCCCCCCCCCC. The first-order valence-electron chi connectivity index (χ1n) is 21.6. The Kier molecular flexibility index (Phi) is 38.8. The van der Waals surface area contributed by atoms with E-state index in [1.165, 1.54) is 70.6 Å². The van der Waals surface area contributed by atoms with Crippen molar-refractivity contribution >= 4 is 11.9 Å². The summed E-state index contributed by atoms with van der Waals surface area (Å²) in [4.78, 5) is 27.1. The molecule has 0 amide bonds. The number of hydrogen-bond acceptors (Lipinski definition) is 6. The van der Waals surface area contributed by atoms with Gasteiger partial charge in [0.1, 0.15) is 6.10 Å². The van der Waals surface area contributed by atoms with Crippen molar-refractivity contribution in [3.8, 4) is 0 Å². The Hall–Kier alpha value is -1.66. The predicted octanol–water partition coefficient (Wildman–Crippen LogP) is 12.2. The second kappa shape index (κ2) is 40.1. The van der Waals surface area contributed by atoms with Gasteiger partial charge in [-0.1, -0.05) is 148 Å². The molecule has 0 aliphatic heterocycles. The van der Waals surface area contributed by atoms with Crippen LogP contribution in [0, 0.1) is 0 Å². The standard InChI is InChI=1S/C44H83NO5/c1-4-7-10-13-16-17-18-24-32-41-49-43(47)35-29-25-31-38-45(39-40-46)37-30-23-19-22-28-36-44(48)50-42(33-26-20-14-11-8-5-2)34-27-21-15-12-9-6-3/h14-15,20-21,42,46H,4-13,16-19,22-41H2,1-3H3/b20-14+,21-15+. The molecule has 1 N–H and O–H groups in total. The van der Waals surface area contributed by atoms with Crippen LogP contribution >= 0.6 is 0 Å². The molecule has 0 bridgehead atoms. The van der Waals surface area contributed by atoms with Crippen molar-refractivity contribution in [2.24, 2.45) is 0 Å². The van der Waals surface area contributed by atoms with Gasteiger partial charge < -0.3 is 19.5 Å². The van der Waals surface area contributed by atoms with Gasteiger partial charge in [-0.2, -0.15) is 0 Å². The Morgan fingerprint density at radius 3 is 1.50 bits per heavy atom. The molecule has 50 heavy (non-hydrogen) atoms. The zero-order valence-electron chi connectivity index (χ0n) is 33.5. The first-order chi connectivity index (χ1) is 24.6. The van der Waals surface area contributed by atoms with Gasteiger partial charge in [-0.05, 0) is 83.7 Å². The van der Waals surface area contributed by atoms with Gasteiger partial charge in [0.25, 0.3) is 0 Å². The molecule has 0 aromatic heterocycles. The molecule has 0 aliphatic carbocycles. The van der Waals surface area contributed by atoms with Crippen LogP contribution in [0.5, 0.6) is 0 Å². The molecular formula is C44H83NO5. The smallest absolute Gasteiger partial charge is 0.306 e. The van der Waals surface area contributed by atoms with E-state index in [9.17, 15) is 14.7 Å². The van der Waals surface area contributed by atoms with E-state index in [2.05, 4.69) is 50.0 Å². The van der Waals surface area contributed by atoms with E-state index in [-0.39, 0.29) is 24.6 Å². The van der Waals surface area contributed by atoms with Gasteiger partial charge in [-0.25, -0.2) is 0 Å². The largest absolute Gasteiger partial charge is 0.466 e. The maximum absolute atomic E-state index is 12.6. The third-order valence-corrected chi connectivity index (χ3v) is 9.53. The molecule has 0 unspecified atom stereocenters. The lowest BCUT2D eigenvalue weighted by Crippen LogP contribution is -2.29. The molecule has 294 valence electrons. The van der Waals surface area contributed by atoms with Crippen LogP contribution in [0.15, 0.2) is 24.3 Å². The number of hydrogen-bond donors (Lipinski definition) is 1. The Balaban J connectivity index is 4.01. The Bertz CT molecular complexity index is 760. The highest BCUT2D eigenvalue weighted by Gasteiger charge is 2.13. The molecule has 0 aromatic rings. The number of allylic oxidation sites excluding steroid dienone is 4. The van der Waals surface area contributed by atoms with Crippen LogP contribution in [0.4, 0.5) is 0 Å². The lowest BCUT2D eigenvalue weighted by atomic mass is 10.1. The average Bonchev–Trinajstić information content (AvgIpc) is 3.11. The summed E-state index contributed by atoms with van der Waals surface area (Å²) < 4.78 is 11.4. The first-order valence-corrected chi connectivity index (χ1v) is 21.6. The maximum atomic E-state index is 12.6. The van der Waals surface area contributed by atoms with Crippen molar-refractivity contribution in [3.05, 3.63) is 24.3 Å². The maximum Gasteiger partial charge on any atom is 0.306 e. The number of rotatable bonds is 39. The molecule has 0 radical (unpaired) electrons. The molecule has 0 rings (SSSR count).